The summed E-state index contributed by atoms with van der Waals surface area (Å²) in [5.74, 6) is 0. The highest BCUT2D eigenvalue weighted by Gasteiger charge is 2.51. The molecular formula is C74H61BN2O2. The minimum Gasteiger partial charge on any atom is -0.399 e. The fourth-order valence-corrected chi connectivity index (χ4v) is 12.4. The minimum absolute atomic E-state index is 0.467. The van der Waals surface area contributed by atoms with Crippen LogP contribution in [0.2, 0.25) is 0 Å². The first kappa shape index (κ1) is 48.6. The number of fused-ring (bicyclic) bond motifs is 6. The maximum Gasteiger partial charge on any atom is 0.494 e. The van der Waals surface area contributed by atoms with Crippen LogP contribution in [0.15, 0.2) is 237 Å². The number of allylic oxidation sites excluding steroid dienone is 4. The Labute approximate surface area is 463 Å². The van der Waals surface area contributed by atoms with Crippen LogP contribution in [-0.2, 0) is 9.31 Å². The quantitative estimate of drug-likeness (QED) is 0.135. The van der Waals surface area contributed by atoms with Gasteiger partial charge < -0.3 is 18.4 Å². The van der Waals surface area contributed by atoms with Crippen molar-refractivity contribution in [3.63, 3.8) is 0 Å². The van der Waals surface area contributed by atoms with Gasteiger partial charge in [-0.2, -0.15) is 0 Å². The summed E-state index contributed by atoms with van der Waals surface area (Å²) in [4.78, 5) is 0. The highest BCUT2D eigenvalue weighted by Crippen LogP contribution is 2.56. The fraction of sp³-hybridized carbons (Fsp3) is 0.135. The van der Waals surface area contributed by atoms with E-state index in [0.717, 1.165) is 68.5 Å². The second kappa shape index (κ2) is 19.0. The predicted molar refractivity (Wildman–Crippen MR) is 334 cm³/mol. The van der Waals surface area contributed by atoms with E-state index in [1.807, 2.05) is 0 Å². The van der Waals surface area contributed by atoms with E-state index in [0.29, 0.717) is 0 Å². The van der Waals surface area contributed by atoms with Crippen molar-refractivity contribution < 1.29 is 9.31 Å². The van der Waals surface area contributed by atoms with Crippen LogP contribution >= 0.6 is 0 Å². The van der Waals surface area contributed by atoms with Crippen LogP contribution in [0.4, 0.5) is 0 Å². The van der Waals surface area contributed by atoms with Gasteiger partial charge in [0.1, 0.15) is 0 Å². The molecule has 79 heavy (non-hydrogen) atoms. The highest BCUT2D eigenvalue weighted by molar-refractivity contribution is 6.62. The van der Waals surface area contributed by atoms with Crippen LogP contribution in [0.5, 0.6) is 0 Å². The van der Waals surface area contributed by atoms with Gasteiger partial charge in [0.25, 0.3) is 0 Å². The lowest BCUT2D eigenvalue weighted by Gasteiger charge is -2.32. The average Bonchev–Trinajstić information content (AvgIpc) is 4.32. The van der Waals surface area contributed by atoms with E-state index in [1.54, 1.807) is 0 Å². The van der Waals surface area contributed by atoms with Crippen molar-refractivity contribution >= 4 is 61.9 Å². The summed E-state index contributed by atoms with van der Waals surface area (Å²) in [5.41, 5.74) is 23.5. The van der Waals surface area contributed by atoms with Gasteiger partial charge in [-0.25, -0.2) is 0 Å². The molecule has 0 radical (unpaired) electrons. The maximum absolute atomic E-state index is 6.65. The molecule has 4 nitrogen and oxygen atoms in total. The molecule has 0 bridgehead atoms. The largest absolute Gasteiger partial charge is 0.494 e. The van der Waals surface area contributed by atoms with Crippen molar-refractivity contribution in [3.05, 3.63) is 248 Å². The Bertz CT molecular complexity index is 4370. The molecule has 1 fully saturated rings. The van der Waals surface area contributed by atoms with Crippen molar-refractivity contribution in [1.29, 1.82) is 0 Å². The van der Waals surface area contributed by atoms with E-state index >= 15 is 0 Å². The predicted octanol–water partition coefficient (Wildman–Crippen LogP) is 19.0. The zero-order valence-electron chi connectivity index (χ0n) is 45.7. The topological polar surface area (TPSA) is 28.3 Å². The molecule has 0 amide bonds. The van der Waals surface area contributed by atoms with Crippen LogP contribution in [-0.4, -0.2) is 27.5 Å². The molecule has 0 saturated carbocycles. The van der Waals surface area contributed by atoms with Gasteiger partial charge in [-0.1, -0.05) is 205 Å². The number of benzene rings is 10. The van der Waals surface area contributed by atoms with Gasteiger partial charge in [0, 0.05) is 32.9 Å². The molecule has 1 aliphatic carbocycles. The van der Waals surface area contributed by atoms with Crippen molar-refractivity contribution in [3.8, 4) is 72.4 Å². The van der Waals surface area contributed by atoms with Gasteiger partial charge >= 0.3 is 7.12 Å². The molecule has 2 aliphatic rings. The standard InChI is InChI=1S/C74H61BN2O2/c1-48-30-34-52(35-31-48)69-67(50-20-10-7-11-21-50)68(51-22-12-8-13-23-51)70(53-36-32-49(2)33-37-53)72(71(69)54-38-42-56(43-39-54)75-78-73(3,4)74(5,6)79-75)55-40-44-58(45-41-55)77-64-29-19-17-27-60(64)62-46-65-61(47-66(62)77)59-26-16-18-28-63(59)76(65)57-24-14-9-15-25-57/h7-8,10-14,16-47H,9,15H2,1-6H3. The first-order valence-electron chi connectivity index (χ1n) is 27.9. The molecular weight excluding hydrogens is 960 g/mol. The van der Waals surface area contributed by atoms with Gasteiger partial charge in [-0.05, 0) is 169 Å². The molecule has 0 N–H and O–H groups in total. The molecule has 10 aromatic carbocycles. The zero-order chi connectivity index (χ0) is 53.6. The number of aryl methyl sites for hydroxylation is 2. The Balaban J connectivity index is 1.07. The van der Waals surface area contributed by atoms with E-state index in [4.69, 9.17) is 9.31 Å². The number of aromatic nitrogens is 2. The monoisotopic (exact) mass is 1020 g/mol. The van der Waals surface area contributed by atoms with Crippen LogP contribution in [0.1, 0.15) is 51.7 Å². The molecule has 3 heterocycles. The summed E-state index contributed by atoms with van der Waals surface area (Å²) in [7, 11) is -0.492. The molecule has 14 rings (SSSR count). The zero-order valence-corrected chi connectivity index (χ0v) is 45.7. The van der Waals surface area contributed by atoms with Gasteiger partial charge in [0.05, 0.1) is 33.3 Å². The minimum atomic E-state index is -0.492. The molecule has 382 valence electrons. The second-order valence-corrected chi connectivity index (χ2v) is 22.7. The van der Waals surface area contributed by atoms with Gasteiger partial charge in [-0.15, -0.1) is 0 Å². The van der Waals surface area contributed by atoms with Gasteiger partial charge in [0.2, 0.25) is 0 Å². The fourth-order valence-electron chi connectivity index (χ4n) is 12.4. The molecule has 5 heteroatoms. The third-order valence-electron chi connectivity index (χ3n) is 17.1. The molecule has 0 unspecified atom stereocenters. The van der Waals surface area contributed by atoms with E-state index in [1.165, 1.54) is 82.7 Å². The van der Waals surface area contributed by atoms with E-state index in [9.17, 15) is 0 Å². The summed E-state index contributed by atoms with van der Waals surface area (Å²) >= 11 is 0. The summed E-state index contributed by atoms with van der Waals surface area (Å²) in [6, 6.07) is 81.4. The Morgan fingerprint density at radius 2 is 0.747 bits per heavy atom. The maximum atomic E-state index is 6.65. The number of para-hydroxylation sites is 2. The van der Waals surface area contributed by atoms with E-state index in [2.05, 4.69) is 287 Å². The summed E-state index contributed by atoms with van der Waals surface area (Å²) in [6.45, 7) is 12.8. The normalized spacial score (nSPS) is 15.0. The van der Waals surface area contributed by atoms with Crippen molar-refractivity contribution in [2.45, 2.75) is 65.6 Å². The van der Waals surface area contributed by atoms with Crippen molar-refractivity contribution in [2.24, 2.45) is 0 Å². The molecule has 0 spiro atoms. The summed E-state index contributed by atoms with van der Waals surface area (Å²) in [6.07, 6.45) is 9.09. The molecule has 0 atom stereocenters. The van der Waals surface area contributed by atoms with E-state index in [-0.39, 0.29) is 0 Å². The van der Waals surface area contributed by atoms with Crippen LogP contribution in [0.3, 0.4) is 0 Å². The SMILES string of the molecule is Cc1ccc(-c2c(-c3ccccc3)c(-c3ccccc3)c(-c3ccc(C)cc3)c(-c3ccc(-n4c5ccccc5c5cc6c(cc54)c4ccccc4n6C4=CCCC=C4)cc3)c2-c2ccc(B3OC(C)(C)C(C)(C)O3)cc2)cc1. The molecule has 12 aromatic rings. The first-order valence-corrected chi connectivity index (χ1v) is 27.9. The molecule has 1 saturated heterocycles. The lowest BCUT2D eigenvalue weighted by atomic mass is 9.73. The smallest absolute Gasteiger partial charge is 0.399 e. The third-order valence-corrected chi connectivity index (χ3v) is 17.1. The van der Waals surface area contributed by atoms with Gasteiger partial charge in [0.15, 0.2) is 0 Å². The Morgan fingerprint density at radius 1 is 0.367 bits per heavy atom. The van der Waals surface area contributed by atoms with Crippen LogP contribution in [0.25, 0.3) is 122 Å². The van der Waals surface area contributed by atoms with Gasteiger partial charge in [-0.3, -0.25) is 0 Å². The number of nitrogens with zero attached hydrogens (tertiary/aromatic N) is 2. The molecule has 2 aromatic heterocycles. The number of hydrogen-bond acceptors (Lipinski definition) is 2. The number of rotatable bonds is 9. The summed E-state index contributed by atoms with van der Waals surface area (Å²) < 4.78 is 18.2. The average molecular weight is 1020 g/mol. The van der Waals surface area contributed by atoms with Crippen molar-refractivity contribution in [2.75, 3.05) is 0 Å². The third kappa shape index (κ3) is 8.14. The Morgan fingerprint density at radius 3 is 1.19 bits per heavy atom. The Kier molecular flexibility index (Phi) is 11.7. The Hall–Kier alpha value is -8.74. The molecule has 1 aliphatic heterocycles. The van der Waals surface area contributed by atoms with E-state index < -0.39 is 18.3 Å². The lowest BCUT2D eigenvalue weighted by Crippen LogP contribution is -2.41. The van der Waals surface area contributed by atoms with Crippen LogP contribution < -0.4 is 5.46 Å². The lowest BCUT2D eigenvalue weighted by molar-refractivity contribution is 0.00578. The van der Waals surface area contributed by atoms with Crippen molar-refractivity contribution in [1.82, 2.24) is 9.13 Å². The number of hydrogen-bond donors (Lipinski definition) is 0. The second-order valence-electron chi connectivity index (χ2n) is 22.7. The van der Waals surface area contributed by atoms with Crippen LogP contribution in [0, 0.1) is 13.8 Å². The first-order chi connectivity index (χ1) is 38.5. The highest BCUT2D eigenvalue weighted by atomic mass is 16.7. The summed E-state index contributed by atoms with van der Waals surface area (Å²) in [5, 5.41) is 4.96.